The van der Waals surface area contributed by atoms with Gasteiger partial charge in [-0.1, -0.05) is 18.7 Å². The average Bonchev–Trinajstić information content (AvgIpc) is 2.69. The topological polar surface area (TPSA) is 96.9 Å². The molecule has 7 heteroatoms. The molecule has 2 N–H and O–H groups in total. The first kappa shape index (κ1) is 18.9. The van der Waals surface area contributed by atoms with E-state index in [1.54, 1.807) is 36.7 Å². The Balaban J connectivity index is 1.76. The number of hydrogen-bond acceptors (Lipinski definition) is 5. The van der Waals surface area contributed by atoms with E-state index in [1.165, 1.54) is 12.3 Å². The summed E-state index contributed by atoms with van der Waals surface area (Å²) >= 11 is 0. The van der Waals surface area contributed by atoms with Gasteiger partial charge in [0.15, 0.2) is 11.6 Å². The largest absolute Gasteiger partial charge is 0.324 e. The van der Waals surface area contributed by atoms with Crippen LogP contribution in [0.5, 0.6) is 0 Å². The van der Waals surface area contributed by atoms with Gasteiger partial charge in [0.2, 0.25) is 0 Å². The second kappa shape index (κ2) is 8.22. The first-order valence-corrected chi connectivity index (χ1v) is 8.57. The number of carbonyl (C=O) groups is 2. The van der Waals surface area contributed by atoms with E-state index in [0.717, 1.165) is 16.8 Å². The zero-order valence-corrected chi connectivity index (χ0v) is 15.6. The SMILES string of the molecule is C=CC(=O)c1ccc(-c2cncc(NC(=O)Nc3ccc(C)nc3)n2)cc1C. The highest BCUT2D eigenvalue weighted by Crippen LogP contribution is 2.22. The molecule has 3 aromatic rings. The van der Waals surface area contributed by atoms with Gasteiger partial charge >= 0.3 is 6.03 Å². The summed E-state index contributed by atoms with van der Waals surface area (Å²) in [6.45, 7) is 7.22. The molecule has 0 aliphatic heterocycles. The number of benzene rings is 1. The third-order valence-electron chi connectivity index (χ3n) is 4.02. The lowest BCUT2D eigenvalue weighted by molar-refractivity contribution is 0.104. The molecule has 0 saturated carbocycles. The smallest absolute Gasteiger partial charge is 0.306 e. The molecule has 2 heterocycles. The summed E-state index contributed by atoms with van der Waals surface area (Å²) in [4.78, 5) is 36.7. The van der Waals surface area contributed by atoms with Gasteiger partial charge in [-0.3, -0.25) is 20.1 Å². The molecule has 7 nitrogen and oxygen atoms in total. The van der Waals surface area contributed by atoms with Crippen molar-refractivity contribution < 1.29 is 9.59 Å². The maximum absolute atomic E-state index is 12.2. The van der Waals surface area contributed by atoms with Crippen LogP contribution in [0, 0.1) is 13.8 Å². The number of aromatic nitrogens is 3. The maximum atomic E-state index is 12.2. The van der Waals surface area contributed by atoms with Gasteiger partial charge in [-0.25, -0.2) is 9.78 Å². The lowest BCUT2D eigenvalue weighted by atomic mass is 10.0. The number of nitrogens with one attached hydrogen (secondary N) is 2. The first-order chi connectivity index (χ1) is 13.5. The van der Waals surface area contributed by atoms with Gasteiger partial charge in [-0.15, -0.1) is 0 Å². The number of hydrogen-bond donors (Lipinski definition) is 2. The number of amides is 2. The molecule has 0 atom stereocenters. The molecular weight excluding hydrogens is 354 g/mol. The van der Waals surface area contributed by atoms with Crippen molar-refractivity contribution in [3.63, 3.8) is 0 Å². The zero-order valence-electron chi connectivity index (χ0n) is 15.6. The van der Waals surface area contributed by atoms with Gasteiger partial charge in [-0.2, -0.15) is 0 Å². The maximum Gasteiger partial charge on any atom is 0.324 e. The monoisotopic (exact) mass is 373 g/mol. The van der Waals surface area contributed by atoms with Gasteiger partial charge in [0.1, 0.15) is 0 Å². The molecule has 0 aliphatic rings. The van der Waals surface area contributed by atoms with Crippen molar-refractivity contribution in [3.8, 4) is 11.3 Å². The van der Waals surface area contributed by atoms with Gasteiger partial charge in [0, 0.05) is 16.8 Å². The van der Waals surface area contributed by atoms with Crippen LogP contribution in [0.1, 0.15) is 21.6 Å². The van der Waals surface area contributed by atoms with E-state index in [9.17, 15) is 9.59 Å². The number of urea groups is 1. The fourth-order valence-corrected chi connectivity index (χ4v) is 2.60. The summed E-state index contributed by atoms with van der Waals surface area (Å²) in [5, 5.41) is 5.33. The van der Waals surface area contributed by atoms with Crippen LogP contribution in [0.25, 0.3) is 11.3 Å². The zero-order chi connectivity index (χ0) is 20.1. The molecule has 28 heavy (non-hydrogen) atoms. The number of anilines is 2. The Kier molecular flexibility index (Phi) is 5.55. The minimum atomic E-state index is -0.444. The van der Waals surface area contributed by atoms with Crippen LogP contribution in [0.15, 0.2) is 61.6 Å². The van der Waals surface area contributed by atoms with Crippen molar-refractivity contribution >= 4 is 23.3 Å². The van der Waals surface area contributed by atoms with Crippen LogP contribution in [0.4, 0.5) is 16.3 Å². The van der Waals surface area contributed by atoms with Crippen LogP contribution < -0.4 is 10.6 Å². The van der Waals surface area contributed by atoms with Crippen molar-refractivity contribution in [1.82, 2.24) is 15.0 Å². The number of ketones is 1. The van der Waals surface area contributed by atoms with Crippen LogP contribution in [0.3, 0.4) is 0 Å². The van der Waals surface area contributed by atoms with Gasteiger partial charge < -0.3 is 5.32 Å². The highest BCUT2D eigenvalue weighted by Gasteiger charge is 2.10. The average molecular weight is 373 g/mol. The third kappa shape index (κ3) is 4.45. The number of rotatable bonds is 5. The summed E-state index contributed by atoms with van der Waals surface area (Å²) in [6.07, 6.45) is 5.91. The van der Waals surface area contributed by atoms with Gasteiger partial charge in [-0.05, 0) is 43.7 Å². The number of pyridine rings is 1. The van der Waals surface area contributed by atoms with Gasteiger partial charge in [0.05, 0.1) is 30.0 Å². The number of nitrogens with zero attached hydrogens (tertiary/aromatic N) is 3. The standard InChI is InChI=1S/C21H19N5O2/c1-4-19(27)17-8-6-15(9-13(17)2)18-11-22-12-20(25-18)26-21(28)24-16-7-5-14(3)23-10-16/h4-12H,1H2,2-3H3,(H2,24,25,26,28). The Hall–Kier alpha value is -3.87. The second-order valence-electron chi connectivity index (χ2n) is 6.16. The predicted molar refractivity (Wildman–Crippen MR) is 108 cm³/mol. The molecule has 0 radical (unpaired) electrons. The minimum absolute atomic E-state index is 0.132. The normalized spacial score (nSPS) is 10.2. The van der Waals surface area contributed by atoms with E-state index >= 15 is 0 Å². The molecule has 1 aromatic carbocycles. The van der Waals surface area contributed by atoms with E-state index < -0.39 is 6.03 Å². The van der Waals surface area contributed by atoms with E-state index in [2.05, 4.69) is 32.2 Å². The summed E-state index contributed by atoms with van der Waals surface area (Å²) in [6, 6.07) is 8.49. The third-order valence-corrected chi connectivity index (χ3v) is 4.02. The Morgan fingerprint density at radius 1 is 1.04 bits per heavy atom. The predicted octanol–water partition coefficient (Wildman–Crippen LogP) is 4.17. The molecule has 0 bridgehead atoms. The highest BCUT2D eigenvalue weighted by atomic mass is 16.2. The quantitative estimate of drug-likeness (QED) is 0.517. The highest BCUT2D eigenvalue weighted by molar-refractivity contribution is 6.05. The fourth-order valence-electron chi connectivity index (χ4n) is 2.60. The first-order valence-electron chi connectivity index (χ1n) is 8.57. The molecule has 2 amide bonds. The van der Waals surface area contributed by atoms with Crippen LogP contribution in [-0.2, 0) is 0 Å². The van der Waals surface area contributed by atoms with Crippen molar-refractivity contribution in [3.05, 3.63) is 78.4 Å². The summed E-state index contributed by atoms with van der Waals surface area (Å²) in [5.74, 6) is 0.173. The van der Waals surface area contributed by atoms with E-state index in [-0.39, 0.29) is 5.78 Å². The molecule has 3 rings (SSSR count). The molecular formula is C21H19N5O2. The molecule has 0 fully saturated rings. The second-order valence-corrected chi connectivity index (χ2v) is 6.16. The Morgan fingerprint density at radius 2 is 1.86 bits per heavy atom. The van der Waals surface area contributed by atoms with Crippen molar-refractivity contribution in [1.29, 1.82) is 0 Å². The summed E-state index contributed by atoms with van der Waals surface area (Å²) in [7, 11) is 0. The lowest BCUT2D eigenvalue weighted by Gasteiger charge is -2.09. The molecule has 0 unspecified atom stereocenters. The van der Waals surface area contributed by atoms with E-state index in [4.69, 9.17) is 0 Å². The van der Waals surface area contributed by atoms with E-state index in [1.807, 2.05) is 19.9 Å². The lowest BCUT2D eigenvalue weighted by Crippen LogP contribution is -2.20. The van der Waals surface area contributed by atoms with Crippen molar-refractivity contribution in [2.24, 2.45) is 0 Å². The Bertz CT molecular complexity index is 1040. The Morgan fingerprint density at radius 3 is 2.54 bits per heavy atom. The molecule has 0 saturated heterocycles. The minimum Gasteiger partial charge on any atom is -0.306 e. The van der Waals surface area contributed by atoms with E-state index in [0.29, 0.717) is 22.8 Å². The van der Waals surface area contributed by atoms with Crippen LogP contribution >= 0.6 is 0 Å². The summed E-state index contributed by atoms with van der Waals surface area (Å²) in [5.41, 5.74) is 4.21. The fraction of sp³-hybridized carbons (Fsp3) is 0.0952. The molecule has 0 aliphatic carbocycles. The summed E-state index contributed by atoms with van der Waals surface area (Å²) < 4.78 is 0. The van der Waals surface area contributed by atoms with Crippen LogP contribution in [-0.4, -0.2) is 26.8 Å². The number of aryl methyl sites for hydroxylation is 2. The van der Waals surface area contributed by atoms with Crippen molar-refractivity contribution in [2.45, 2.75) is 13.8 Å². The van der Waals surface area contributed by atoms with Crippen LogP contribution in [0.2, 0.25) is 0 Å². The molecule has 2 aromatic heterocycles. The number of allylic oxidation sites excluding steroid dienone is 1. The molecule has 0 spiro atoms. The Labute approximate surface area is 162 Å². The number of carbonyl (C=O) groups excluding carboxylic acids is 2. The van der Waals surface area contributed by atoms with Crippen molar-refractivity contribution in [2.75, 3.05) is 10.6 Å². The van der Waals surface area contributed by atoms with Gasteiger partial charge in [0.25, 0.3) is 0 Å². The molecule has 140 valence electrons.